The fourth-order valence-corrected chi connectivity index (χ4v) is 1.36. The van der Waals surface area contributed by atoms with Gasteiger partial charge in [-0.3, -0.25) is 4.90 Å². The zero-order valence-corrected chi connectivity index (χ0v) is 10.8. The molecule has 1 atom stereocenters. The van der Waals surface area contributed by atoms with E-state index in [1.807, 2.05) is 4.90 Å². The van der Waals surface area contributed by atoms with Crippen LogP contribution in [0.15, 0.2) is 0 Å². The first-order valence-electron chi connectivity index (χ1n) is 6.13. The van der Waals surface area contributed by atoms with Gasteiger partial charge < -0.3 is 25.4 Å². The van der Waals surface area contributed by atoms with Crippen molar-refractivity contribution < 1.29 is 24.9 Å². The second-order valence-electron chi connectivity index (χ2n) is 4.02. The fraction of sp³-hybridized carbons (Fsp3) is 0.909. The minimum atomic E-state index is -0.666. The first kappa shape index (κ1) is 17.1. The van der Waals surface area contributed by atoms with E-state index in [2.05, 4.69) is 5.32 Å². The Labute approximate surface area is 107 Å². The molecule has 0 aliphatic carbocycles. The molecule has 0 saturated carbocycles. The van der Waals surface area contributed by atoms with Gasteiger partial charge in [0.1, 0.15) is 6.61 Å². The van der Waals surface area contributed by atoms with Gasteiger partial charge in [-0.25, -0.2) is 4.79 Å². The van der Waals surface area contributed by atoms with E-state index in [0.29, 0.717) is 32.6 Å². The van der Waals surface area contributed by atoms with Crippen molar-refractivity contribution in [2.24, 2.45) is 0 Å². The summed E-state index contributed by atoms with van der Waals surface area (Å²) < 4.78 is 4.71. The molecule has 1 amide bonds. The van der Waals surface area contributed by atoms with Gasteiger partial charge >= 0.3 is 6.09 Å². The third-order valence-corrected chi connectivity index (χ3v) is 2.21. The summed E-state index contributed by atoms with van der Waals surface area (Å²) in [4.78, 5) is 13.0. The maximum Gasteiger partial charge on any atom is 0.407 e. The molecule has 4 N–H and O–H groups in total. The van der Waals surface area contributed by atoms with E-state index in [9.17, 15) is 4.79 Å². The molecule has 1 unspecified atom stereocenters. The molecule has 7 heteroatoms. The van der Waals surface area contributed by atoms with Crippen molar-refractivity contribution in [3.05, 3.63) is 0 Å². The Kier molecular flexibility index (Phi) is 10.7. The molecule has 0 aromatic carbocycles. The molecule has 0 aliphatic heterocycles. The lowest BCUT2D eigenvalue weighted by Gasteiger charge is -2.19. The summed E-state index contributed by atoms with van der Waals surface area (Å²) in [5, 5.41) is 29.0. The Hall–Kier alpha value is -0.890. The van der Waals surface area contributed by atoms with Gasteiger partial charge in [-0.15, -0.1) is 0 Å². The highest BCUT2D eigenvalue weighted by Crippen LogP contribution is 1.91. The Morgan fingerprint density at radius 2 is 1.89 bits per heavy atom. The summed E-state index contributed by atoms with van der Waals surface area (Å²) >= 11 is 0. The number of rotatable bonds is 10. The Bertz CT molecular complexity index is 208. The predicted octanol–water partition coefficient (Wildman–Crippen LogP) is -1.23. The standard InChI is InChI=1S/C11H24N2O5/c1-10(16)9-18-11(17)12-3-2-4-13(5-7-14)6-8-15/h10,14-16H,2-9H2,1H3,(H,12,17). The van der Waals surface area contributed by atoms with Gasteiger partial charge in [0.25, 0.3) is 0 Å². The molecule has 0 fully saturated rings. The van der Waals surface area contributed by atoms with Gasteiger partial charge in [0, 0.05) is 19.6 Å². The summed E-state index contributed by atoms with van der Waals surface area (Å²) in [6, 6.07) is 0. The molecule has 0 aromatic heterocycles. The molecular formula is C11H24N2O5. The minimum absolute atomic E-state index is 0.0209. The fourth-order valence-electron chi connectivity index (χ4n) is 1.36. The second-order valence-corrected chi connectivity index (χ2v) is 4.02. The van der Waals surface area contributed by atoms with Crippen LogP contribution in [0.2, 0.25) is 0 Å². The van der Waals surface area contributed by atoms with Crippen LogP contribution >= 0.6 is 0 Å². The van der Waals surface area contributed by atoms with Crippen LogP contribution in [0, 0.1) is 0 Å². The van der Waals surface area contributed by atoms with Crippen LogP contribution in [0.5, 0.6) is 0 Å². The Balaban J connectivity index is 3.54. The number of ether oxygens (including phenoxy) is 1. The highest BCUT2D eigenvalue weighted by Gasteiger charge is 2.05. The highest BCUT2D eigenvalue weighted by molar-refractivity contribution is 5.67. The first-order chi connectivity index (χ1) is 8.60. The third-order valence-electron chi connectivity index (χ3n) is 2.21. The monoisotopic (exact) mass is 264 g/mol. The van der Waals surface area contributed by atoms with Crippen LogP contribution < -0.4 is 5.32 Å². The van der Waals surface area contributed by atoms with Gasteiger partial charge in [0.2, 0.25) is 0 Å². The van der Waals surface area contributed by atoms with Crippen molar-refractivity contribution in [1.82, 2.24) is 10.2 Å². The van der Waals surface area contributed by atoms with Gasteiger partial charge in [-0.2, -0.15) is 0 Å². The van der Waals surface area contributed by atoms with Crippen LogP contribution in [-0.4, -0.2) is 78.4 Å². The second kappa shape index (κ2) is 11.2. The molecular weight excluding hydrogens is 240 g/mol. The molecule has 0 heterocycles. The molecule has 0 bridgehead atoms. The maximum atomic E-state index is 11.1. The van der Waals surface area contributed by atoms with E-state index >= 15 is 0 Å². The van der Waals surface area contributed by atoms with E-state index in [1.54, 1.807) is 0 Å². The normalized spacial score (nSPS) is 12.5. The first-order valence-corrected chi connectivity index (χ1v) is 6.13. The minimum Gasteiger partial charge on any atom is -0.447 e. The van der Waals surface area contributed by atoms with Gasteiger partial charge in [0.05, 0.1) is 19.3 Å². The van der Waals surface area contributed by atoms with Crippen LogP contribution in [0.25, 0.3) is 0 Å². The predicted molar refractivity (Wildman–Crippen MR) is 66.3 cm³/mol. The van der Waals surface area contributed by atoms with E-state index in [-0.39, 0.29) is 19.8 Å². The Morgan fingerprint density at radius 1 is 1.28 bits per heavy atom. The van der Waals surface area contributed by atoms with E-state index in [4.69, 9.17) is 20.1 Å². The number of nitrogens with one attached hydrogen (secondary N) is 1. The molecule has 0 aliphatic rings. The number of amides is 1. The van der Waals surface area contributed by atoms with E-state index in [1.165, 1.54) is 6.92 Å². The number of hydrogen-bond acceptors (Lipinski definition) is 6. The molecule has 18 heavy (non-hydrogen) atoms. The quantitative estimate of drug-likeness (QED) is 0.369. The number of carbonyl (C=O) groups is 1. The van der Waals surface area contributed by atoms with Crippen molar-refractivity contribution in [2.75, 3.05) is 46.0 Å². The number of aliphatic hydroxyl groups excluding tert-OH is 3. The van der Waals surface area contributed by atoms with Crippen LogP contribution in [0.3, 0.4) is 0 Å². The molecule has 0 spiro atoms. The zero-order valence-electron chi connectivity index (χ0n) is 10.8. The van der Waals surface area contributed by atoms with Gasteiger partial charge in [-0.1, -0.05) is 0 Å². The zero-order chi connectivity index (χ0) is 13.8. The number of aliphatic hydroxyl groups is 3. The average Bonchev–Trinajstić information content (AvgIpc) is 2.32. The number of hydrogen-bond donors (Lipinski definition) is 4. The van der Waals surface area contributed by atoms with Crippen molar-refractivity contribution in [1.29, 1.82) is 0 Å². The topological polar surface area (TPSA) is 102 Å². The number of carbonyl (C=O) groups excluding carboxylic acids is 1. The lowest BCUT2D eigenvalue weighted by atomic mass is 10.3. The van der Waals surface area contributed by atoms with Crippen molar-refractivity contribution >= 4 is 6.09 Å². The highest BCUT2D eigenvalue weighted by atomic mass is 16.6. The largest absolute Gasteiger partial charge is 0.447 e. The molecule has 0 rings (SSSR count). The average molecular weight is 264 g/mol. The van der Waals surface area contributed by atoms with Gasteiger partial charge in [-0.05, 0) is 19.9 Å². The number of nitrogens with zero attached hydrogens (tertiary/aromatic N) is 1. The number of alkyl carbamates (subject to hydrolysis) is 1. The van der Waals surface area contributed by atoms with Gasteiger partial charge in [0.15, 0.2) is 0 Å². The van der Waals surface area contributed by atoms with Crippen LogP contribution in [0.4, 0.5) is 4.79 Å². The Morgan fingerprint density at radius 3 is 2.39 bits per heavy atom. The summed E-state index contributed by atoms with van der Waals surface area (Å²) in [5.74, 6) is 0. The summed E-state index contributed by atoms with van der Waals surface area (Å²) in [5.41, 5.74) is 0. The van der Waals surface area contributed by atoms with Crippen molar-refractivity contribution in [3.8, 4) is 0 Å². The SMILES string of the molecule is CC(O)COC(=O)NCCCN(CCO)CCO. The van der Waals surface area contributed by atoms with Crippen LogP contribution in [-0.2, 0) is 4.74 Å². The lowest BCUT2D eigenvalue weighted by Crippen LogP contribution is -2.34. The van der Waals surface area contributed by atoms with Crippen LogP contribution in [0.1, 0.15) is 13.3 Å². The summed E-state index contributed by atoms with van der Waals surface area (Å²) in [6.07, 6.45) is -0.517. The summed E-state index contributed by atoms with van der Waals surface area (Å²) in [6.45, 7) is 3.75. The smallest absolute Gasteiger partial charge is 0.407 e. The molecule has 108 valence electrons. The maximum absolute atomic E-state index is 11.1. The molecule has 7 nitrogen and oxygen atoms in total. The lowest BCUT2D eigenvalue weighted by molar-refractivity contribution is 0.0778. The summed E-state index contributed by atoms with van der Waals surface area (Å²) in [7, 11) is 0. The molecule has 0 radical (unpaired) electrons. The molecule has 0 saturated heterocycles. The van der Waals surface area contributed by atoms with E-state index in [0.717, 1.165) is 0 Å². The van der Waals surface area contributed by atoms with Crippen molar-refractivity contribution in [3.63, 3.8) is 0 Å². The van der Waals surface area contributed by atoms with Crippen molar-refractivity contribution in [2.45, 2.75) is 19.4 Å². The van der Waals surface area contributed by atoms with E-state index < -0.39 is 12.2 Å². The third kappa shape index (κ3) is 10.3. The molecule has 0 aromatic rings.